The fourth-order valence-electron chi connectivity index (χ4n) is 1.88. The van der Waals surface area contributed by atoms with Crippen molar-refractivity contribution in [3.05, 3.63) is 30.4 Å². The average molecular weight is 246 g/mol. The molecule has 0 radical (unpaired) electrons. The molecule has 0 saturated carbocycles. The van der Waals surface area contributed by atoms with E-state index >= 15 is 0 Å². The summed E-state index contributed by atoms with van der Waals surface area (Å²) in [6, 6.07) is 3.71. The molecule has 0 atom stereocenters. The fourth-order valence-corrected chi connectivity index (χ4v) is 1.88. The smallest absolute Gasteiger partial charge is 0.247 e. The number of rotatable bonds is 3. The molecular formula is C12H14N4O2. The topological polar surface area (TPSA) is 64.3 Å². The quantitative estimate of drug-likeness (QED) is 0.804. The number of pyridine rings is 1. The van der Waals surface area contributed by atoms with Gasteiger partial charge in [-0.05, 0) is 12.1 Å². The van der Waals surface area contributed by atoms with E-state index in [0.29, 0.717) is 18.3 Å². The Morgan fingerprint density at radius 2 is 1.89 bits per heavy atom. The molecule has 3 rings (SSSR count). The second-order valence-electron chi connectivity index (χ2n) is 4.13. The Hall–Kier alpha value is -1.79. The van der Waals surface area contributed by atoms with Crippen LogP contribution in [-0.4, -0.2) is 46.4 Å². The predicted molar refractivity (Wildman–Crippen MR) is 63.6 cm³/mol. The van der Waals surface area contributed by atoms with Gasteiger partial charge in [0.25, 0.3) is 0 Å². The molecule has 2 aromatic heterocycles. The first-order chi connectivity index (χ1) is 8.92. The summed E-state index contributed by atoms with van der Waals surface area (Å²) in [6.07, 6.45) is 3.42. The van der Waals surface area contributed by atoms with Gasteiger partial charge in [-0.25, -0.2) is 0 Å². The number of ether oxygens (including phenoxy) is 1. The van der Waals surface area contributed by atoms with Gasteiger partial charge < -0.3 is 9.15 Å². The highest BCUT2D eigenvalue weighted by molar-refractivity contribution is 5.50. The van der Waals surface area contributed by atoms with Crippen molar-refractivity contribution in [2.75, 3.05) is 26.3 Å². The fraction of sp³-hybridized carbons (Fsp3) is 0.417. The Labute approximate surface area is 105 Å². The molecule has 0 bridgehead atoms. The summed E-state index contributed by atoms with van der Waals surface area (Å²) >= 11 is 0. The average Bonchev–Trinajstić information content (AvgIpc) is 2.89. The van der Waals surface area contributed by atoms with Gasteiger partial charge in [-0.15, -0.1) is 10.2 Å². The second kappa shape index (κ2) is 5.24. The molecule has 0 unspecified atom stereocenters. The first-order valence-electron chi connectivity index (χ1n) is 5.95. The first-order valence-corrected chi connectivity index (χ1v) is 5.95. The van der Waals surface area contributed by atoms with Crippen molar-refractivity contribution in [1.29, 1.82) is 0 Å². The Bertz CT molecular complexity index is 494. The number of hydrogen-bond acceptors (Lipinski definition) is 6. The number of nitrogens with zero attached hydrogens (tertiary/aromatic N) is 4. The van der Waals surface area contributed by atoms with Crippen LogP contribution < -0.4 is 0 Å². The molecule has 1 saturated heterocycles. The van der Waals surface area contributed by atoms with Crippen LogP contribution >= 0.6 is 0 Å². The van der Waals surface area contributed by atoms with E-state index in [4.69, 9.17) is 9.15 Å². The van der Waals surface area contributed by atoms with Gasteiger partial charge in [0.15, 0.2) is 0 Å². The molecule has 1 fully saturated rings. The van der Waals surface area contributed by atoms with Crippen LogP contribution in [-0.2, 0) is 11.3 Å². The third-order valence-electron chi connectivity index (χ3n) is 2.86. The van der Waals surface area contributed by atoms with Gasteiger partial charge in [-0.1, -0.05) is 0 Å². The van der Waals surface area contributed by atoms with E-state index in [-0.39, 0.29) is 0 Å². The molecule has 94 valence electrons. The Kier molecular flexibility index (Phi) is 3.29. The van der Waals surface area contributed by atoms with Crippen molar-refractivity contribution in [2.45, 2.75) is 6.54 Å². The highest BCUT2D eigenvalue weighted by atomic mass is 16.5. The van der Waals surface area contributed by atoms with Gasteiger partial charge in [-0.2, -0.15) is 0 Å². The van der Waals surface area contributed by atoms with Crippen LogP contribution in [0.15, 0.2) is 28.9 Å². The van der Waals surface area contributed by atoms with Crippen molar-refractivity contribution in [3.8, 4) is 11.5 Å². The van der Waals surface area contributed by atoms with Crippen LogP contribution in [0.25, 0.3) is 11.5 Å². The summed E-state index contributed by atoms with van der Waals surface area (Å²) in [5, 5.41) is 8.12. The third-order valence-corrected chi connectivity index (χ3v) is 2.86. The summed E-state index contributed by atoms with van der Waals surface area (Å²) in [5.74, 6) is 1.18. The van der Waals surface area contributed by atoms with Gasteiger partial charge in [-0.3, -0.25) is 9.88 Å². The van der Waals surface area contributed by atoms with Gasteiger partial charge in [0.1, 0.15) is 0 Å². The highest BCUT2D eigenvalue weighted by Crippen LogP contribution is 2.17. The van der Waals surface area contributed by atoms with Crippen LogP contribution in [0.1, 0.15) is 5.89 Å². The van der Waals surface area contributed by atoms with Gasteiger partial charge in [0.05, 0.1) is 19.8 Å². The van der Waals surface area contributed by atoms with Gasteiger partial charge >= 0.3 is 0 Å². The molecule has 6 heteroatoms. The van der Waals surface area contributed by atoms with Crippen LogP contribution in [0.4, 0.5) is 0 Å². The standard InChI is InChI=1S/C12H14N4O2/c1-3-13-4-2-10(1)12-15-14-11(18-12)9-16-5-7-17-8-6-16/h1-4H,5-9H2. The molecule has 0 amide bonds. The molecule has 0 aliphatic carbocycles. The Morgan fingerprint density at radius 1 is 1.11 bits per heavy atom. The van der Waals surface area contributed by atoms with E-state index in [0.717, 1.165) is 31.9 Å². The molecule has 2 aromatic rings. The van der Waals surface area contributed by atoms with Crippen LogP contribution in [0.2, 0.25) is 0 Å². The molecule has 18 heavy (non-hydrogen) atoms. The summed E-state index contributed by atoms with van der Waals surface area (Å²) < 4.78 is 10.9. The molecule has 6 nitrogen and oxygen atoms in total. The van der Waals surface area contributed by atoms with Gasteiger partial charge in [0, 0.05) is 31.0 Å². The van der Waals surface area contributed by atoms with E-state index in [1.54, 1.807) is 12.4 Å². The van der Waals surface area contributed by atoms with E-state index < -0.39 is 0 Å². The molecule has 1 aliphatic heterocycles. The molecule has 0 aromatic carbocycles. The number of aromatic nitrogens is 3. The zero-order valence-corrected chi connectivity index (χ0v) is 9.95. The normalized spacial score (nSPS) is 16.9. The molecule has 0 N–H and O–H groups in total. The SMILES string of the molecule is c1cc(-c2nnc(CN3CCOCC3)o2)ccn1. The van der Waals surface area contributed by atoms with E-state index in [1.807, 2.05) is 12.1 Å². The number of hydrogen-bond donors (Lipinski definition) is 0. The largest absolute Gasteiger partial charge is 0.419 e. The van der Waals surface area contributed by atoms with Crippen LogP contribution in [0.3, 0.4) is 0 Å². The number of morpholine rings is 1. The minimum absolute atomic E-state index is 0.542. The Balaban J connectivity index is 1.69. The minimum Gasteiger partial charge on any atom is -0.419 e. The summed E-state index contributed by atoms with van der Waals surface area (Å²) in [7, 11) is 0. The maximum Gasteiger partial charge on any atom is 0.247 e. The van der Waals surface area contributed by atoms with Crippen LogP contribution in [0.5, 0.6) is 0 Å². The van der Waals surface area contributed by atoms with Gasteiger partial charge in [0.2, 0.25) is 11.8 Å². The zero-order valence-electron chi connectivity index (χ0n) is 9.95. The first kappa shape index (κ1) is 11.3. The monoisotopic (exact) mass is 246 g/mol. The summed E-state index contributed by atoms with van der Waals surface area (Å²) in [5.41, 5.74) is 0.894. The maximum atomic E-state index is 5.64. The molecule has 1 aliphatic rings. The van der Waals surface area contributed by atoms with E-state index in [9.17, 15) is 0 Å². The van der Waals surface area contributed by atoms with Crippen molar-refractivity contribution in [3.63, 3.8) is 0 Å². The zero-order chi connectivity index (χ0) is 12.2. The lowest BCUT2D eigenvalue weighted by Gasteiger charge is -2.24. The lowest BCUT2D eigenvalue weighted by molar-refractivity contribution is 0.0306. The van der Waals surface area contributed by atoms with Crippen molar-refractivity contribution in [2.24, 2.45) is 0 Å². The lowest BCUT2D eigenvalue weighted by Crippen LogP contribution is -2.35. The molecule has 0 spiro atoms. The van der Waals surface area contributed by atoms with Crippen molar-refractivity contribution in [1.82, 2.24) is 20.1 Å². The predicted octanol–water partition coefficient (Wildman–Crippen LogP) is 0.964. The van der Waals surface area contributed by atoms with E-state index in [1.165, 1.54) is 0 Å². The van der Waals surface area contributed by atoms with E-state index in [2.05, 4.69) is 20.1 Å². The maximum absolute atomic E-state index is 5.64. The van der Waals surface area contributed by atoms with Crippen molar-refractivity contribution >= 4 is 0 Å². The molecule has 3 heterocycles. The highest BCUT2D eigenvalue weighted by Gasteiger charge is 2.15. The lowest BCUT2D eigenvalue weighted by atomic mass is 10.3. The molecular weight excluding hydrogens is 232 g/mol. The Morgan fingerprint density at radius 3 is 2.67 bits per heavy atom. The second-order valence-corrected chi connectivity index (χ2v) is 4.13. The summed E-state index contributed by atoms with van der Waals surface area (Å²) in [4.78, 5) is 6.20. The van der Waals surface area contributed by atoms with Crippen molar-refractivity contribution < 1.29 is 9.15 Å². The minimum atomic E-state index is 0.542. The van der Waals surface area contributed by atoms with Crippen LogP contribution in [0, 0.1) is 0 Å². The third kappa shape index (κ3) is 2.55. The summed E-state index contributed by atoms with van der Waals surface area (Å²) in [6.45, 7) is 4.04.